The summed E-state index contributed by atoms with van der Waals surface area (Å²) in [7, 11) is 0. The molecule has 0 bridgehead atoms. The first-order valence-electron chi connectivity index (χ1n) is 14.2. The summed E-state index contributed by atoms with van der Waals surface area (Å²) in [5.41, 5.74) is 3.54. The molecular formula is C33H36N4O6. The van der Waals surface area contributed by atoms with E-state index in [2.05, 4.69) is 10.6 Å². The van der Waals surface area contributed by atoms with Crippen LogP contribution >= 0.6 is 0 Å². The first kappa shape index (κ1) is 31.0. The molecular weight excluding hydrogens is 548 g/mol. The second-order valence-electron chi connectivity index (χ2n) is 10.7. The lowest BCUT2D eigenvalue weighted by Crippen LogP contribution is -2.54. The minimum absolute atomic E-state index is 0.142. The summed E-state index contributed by atoms with van der Waals surface area (Å²) >= 11 is 0. The van der Waals surface area contributed by atoms with E-state index in [4.69, 9.17) is 4.74 Å². The summed E-state index contributed by atoms with van der Waals surface area (Å²) < 4.78 is 5.03. The molecule has 43 heavy (non-hydrogen) atoms. The van der Waals surface area contributed by atoms with Crippen molar-refractivity contribution in [2.24, 2.45) is 5.92 Å². The molecule has 4 amide bonds. The summed E-state index contributed by atoms with van der Waals surface area (Å²) in [6.45, 7) is 8.67. The highest BCUT2D eigenvalue weighted by molar-refractivity contribution is 6.13. The summed E-state index contributed by atoms with van der Waals surface area (Å²) in [6, 6.07) is 16.8. The zero-order valence-electron chi connectivity index (χ0n) is 25.0. The molecule has 1 atom stereocenters. The molecule has 3 aromatic carbocycles. The van der Waals surface area contributed by atoms with Crippen LogP contribution in [0, 0.1) is 19.8 Å². The Hall–Kier alpha value is -4.99. The fourth-order valence-electron chi connectivity index (χ4n) is 4.91. The van der Waals surface area contributed by atoms with E-state index in [9.17, 15) is 24.0 Å². The highest BCUT2D eigenvalue weighted by Gasteiger charge is 2.38. The van der Waals surface area contributed by atoms with Crippen molar-refractivity contribution >= 4 is 46.7 Å². The van der Waals surface area contributed by atoms with Crippen molar-refractivity contribution in [3.63, 3.8) is 0 Å². The molecule has 0 saturated heterocycles. The van der Waals surface area contributed by atoms with Gasteiger partial charge < -0.3 is 25.2 Å². The molecule has 0 fully saturated rings. The number of ketones is 1. The quantitative estimate of drug-likeness (QED) is 0.287. The minimum atomic E-state index is -1.19. The molecule has 1 heterocycles. The Kier molecular flexibility index (Phi) is 9.59. The van der Waals surface area contributed by atoms with Crippen LogP contribution in [0.1, 0.15) is 52.6 Å². The fraction of sp³-hybridized carbons (Fsp3) is 0.303. The topological polar surface area (TPSA) is 125 Å². The molecule has 2 N–H and O–H groups in total. The largest absolute Gasteiger partial charge is 0.462 e. The van der Waals surface area contributed by atoms with Gasteiger partial charge in [0.05, 0.1) is 36.6 Å². The number of anilines is 3. The van der Waals surface area contributed by atoms with Crippen molar-refractivity contribution in [2.45, 2.75) is 40.7 Å². The Morgan fingerprint density at radius 1 is 0.953 bits per heavy atom. The summed E-state index contributed by atoms with van der Waals surface area (Å²) in [5.74, 6) is -1.98. The van der Waals surface area contributed by atoms with E-state index in [0.29, 0.717) is 22.6 Å². The lowest BCUT2D eigenvalue weighted by atomic mass is 10.0. The predicted molar refractivity (Wildman–Crippen MR) is 165 cm³/mol. The smallest absolute Gasteiger partial charge is 0.338 e. The van der Waals surface area contributed by atoms with Gasteiger partial charge in [0.15, 0.2) is 5.78 Å². The Morgan fingerprint density at radius 3 is 2.40 bits per heavy atom. The standard InChI is InChI=1S/C33H36N4O6/c1-6-43-32(41)23-11-9-12-24(17-23)34-33(42)35-26-18-36(30(39)20(2)3)27-15-14-21(4)16-28(27)37(31(26)40)19-29(38)25-13-8-7-10-22(25)5/h7-17,20,26H,6,18-19H2,1-5H3,(H2,34,35,42). The Labute approximate surface area is 251 Å². The van der Waals surface area contributed by atoms with Crippen LogP contribution in [0.25, 0.3) is 0 Å². The number of hydrogen-bond acceptors (Lipinski definition) is 6. The lowest BCUT2D eigenvalue weighted by Gasteiger charge is -2.27. The van der Waals surface area contributed by atoms with Crippen LogP contribution in [0.2, 0.25) is 0 Å². The second kappa shape index (κ2) is 13.3. The van der Waals surface area contributed by atoms with E-state index < -0.39 is 29.9 Å². The second-order valence-corrected chi connectivity index (χ2v) is 10.7. The van der Waals surface area contributed by atoms with Crippen LogP contribution in [-0.4, -0.2) is 55.3 Å². The zero-order valence-corrected chi connectivity index (χ0v) is 25.0. The van der Waals surface area contributed by atoms with Gasteiger partial charge in [-0.25, -0.2) is 9.59 Å². The highest BCUT2D eigenvalue weighted by Crippen LogP contribution is 2.35. The van der Waals surface area contributed by atoms with Gasteiger partial charge in [0.25, 0.3) is 5.91 Å². The molecule has 0 radical (unpaired) electrons. The summed E-state index contributed by atoms with van der Waals surface area (Å²) in [6.07, 6.45) is 0. The Bertz CT molecular complexity index is 1570. The van der Waals surface area contributed by atoms with Crippen molar-refractivity contribution in [3.8, 4) is 0 Å². The van der Waals surface area contributed by atoms with Gasteiger partial charge in [-0.3, -0.25) is 14.4 Å². The van der Waals surface area contributed by atoms with Crippen molar-refractivity contribution in [1.29, 1.82) is 0 Å². The normalized spacial score (nSPS) is 14.6. The number of amides is 4. The number of Topliss-reactive ketones (excluding diaryl/α,β-unsaturated/α-hetero) is 1. The molecule has 3 aromatic rings. The van der Waals surface area contributed by atoms with Gasteiger partial charge in [-0.15, -0.1) is 0 Å². The van der Waals surface area contributed by atoms with Gasteiger partial charge in [-0.2, -0.15) is 0 Å². The number of nitrogens with zero attached hydrogens (tertiary/aromatic N) is 2. The van der Waals surface area contributed by atoms with Crippen LogP contribution < -0.4 is 20.4 Å². The van der Waals surface area contributed by atoms with E-state index >= 15 is 0 Å². The van der Waals surface area contributed by atoms with E-state index in [-0.39, 0.29) is 37.0 Å². The summed E-state index contributed by atoms with van der Waals surface area (Å²) in [5, 5.41) is 5.35. The van der Waals surface area contributed by atoms with Gasteiger partial charge >= 0.3 is 12.0 Å². The molecule has 0 aromatic heterocycles. The van der Waals surface area contributed by atoms with E-state index in [1.165, 1.54) is 15.9 Å². The monoisotopic (exact) mass is 584 g/mol. The number of fused-ring (bicyclic) bond motifs is 1. The van der Waals surface area contributed by atoms with Crippen LogP contribution in [0.15, 0.2) is 66.7 Å². The number of esters is 1. The highest BCUT2D eigenvalue weighted by atomic mass is 16.5. The Balaban J connectivity index is 1.69. The predicted octanol–water partition coefficient (Wildman–Crippen LogP) is 4.89. The minimum Gasteiger partial charge on any atom is -0.462 e. The maximum absolute atomic E-state index is 14.1. The molecule has 1 unspecified atom stereocenters. The van der Waals surface area contributed by atoms with Crippen LogP contribution in [0.4, 0.5) is 21.9 Å². The zero-order chi connectivity index (χ0) is 31.3. The van der Waals surface area contributed by atoms with Gasteiger partial charge in [0, 0.05) is 17.2 Å². The SMILES string of the molecule is CCOC(=O)c1cccc(NC(=O)NC2CN(C(=O)C(C)C)c3ccc(C)cc3N(CC(=O)c3ccccc3C)C2=O)c1. The third kappa shape index (κ3) is 7.09. The van der Waals surface area contributed by atoms with Crippen LogP contribution in [-0.2, 0) is 14.3 Å². The number of ether oxygens (including phenoxy) is 1. The van der Waals surface area contributed by atoms with Crippen molar-refractivity contribution in [2.75, 3.05) is 34.8 Å². The molecule has 10 nitrogen and oxygen atoms in total. The number of urea groups is 1. The maximum Gasteiger partial charge on any atom is 0.338 e. The first-order chi connectivity index (χ1) is 20.5. The van der Waals surface area contributed by atoms with E-state index in [1.54, 1.807) is 63.2 Å². The molecule has 10 heteroatoms. The van der Waals surface area contributed by atoms with Crippen molar-refractivity contribution < 1.29 is 28.7 Å². The molecule has 1 aliphatic heterocycles. The molecule has 0 spiro atoms. The average Bonchev–Trinajstić information content (AvgIpc) is 3.07. The van der Waals surface area contributed by atoms with Gasteiger partial charge in [-0.05, 0) is 62.2 Å². The summed E-state index contributed by atoms with van der Waals surface area (Å²) in [4.78, 5) is 69.3. The number of hydrogen-bond donors (Lipinski definition) is 2. The van der Waals surface area contributed by atoms with Crippen molar-refractivity contribution in [3.05, 3.63) is 89.0 Å². The molecule has 224 valence electrons. The van der Waals surface area contributed by atoms with Crippen LogP contribution in [0.5, 0.6) is 0 Å². The van der Waals surface area contributed by atoms with Gasteiger partial charge in [0.2, 0.25) is 5.91 Å². The molecule has 4 rings (SSSR count). The van der Waals surface area contributed by atoms with Gasteiger partial charge in [-0.1, -0.05) is 50.2 Å². The number of nitrogens with one attached hydrogen (secondary N) is 2. The number of carbonyl (C=O) groups excluding carboxylic acids is 5. The molecule has 0 saturated carbocycles. The average molecular weight is 585 g/mol. The number of carbonyl (C=O) groups is 5. The number of benzene rings is 3. The maximum atomic E-state index is 14.1. The first-order valence-corrected chi connectivity index (χ1v) is 14.2. The third-order valence-electron chi connectivity index (χ3n) is 7.09. The van der Waals surface area contributed by atoms with E-state index in [0.717, 1.165) is 11.1 Å². The number of rotatable bonds is 8. The number of aryl methyl sites for hydroxylation is 2. The lowest BCUT2D eigenvalue weighted by molar-refractivity contribution is -0.122. The van der Waals surface area contributed by atoms with E-state index in [1.807, 2.05) is 32.0 Å². The van der Waals surface area contributed by atoms with Crippen molar-refractivity contribution in [1.82, 2.24) is 5.32 Å². The third-order valence-corrected chi connectivity index (χ3v) is 7.09. The molecule has 0 aliphatic carbocycles. The van der Waals surface area contributed by atoms with Gasteiger partial charge in [0.1, 0.15) is 6.04 Å². The van der Waals surface area contributed by atoms with Crippen LogP contribution in [0.3, 0.4) is 0 Å². The molecule has 1 aliphatic rings. The Morgan fingerprint density at radius 2 is 1.70 bits per heavy atom. The fourth-order valence-corrected chi connectivity index (χ4v) is 4.91.